The van der Waals surface area contributed by atoms with Gasteiger partial charge in [0.2, 0.25) is 0 Å². The van der Waals surface area contributed by atoms with E-state index in [1.165, 1.54) is 23.1 Å². The number of aryl methyl sites for hydroxylation is 1. The summed E-state index contributed by atoms with van der Waals surface area (Å²) >= 11 is 0. The minimum Gasteiger partial charge on any atom is -0.493 e. The van der Waals surface area contributed by atoms with Gasteiger partial charge in [0.05, 0.1) is 6.61 Å². The van der Waals surface area contributed by atoms with Crippen LogP contribution >= 0.6 is 0 Å². The van der Waals surface area contributed by atoms with Crippen molar-refractivity contribution >= 4 is 0 Å². The molecule has 1 nitrogen and oxygen atoms in total. The van der Waals surface area contributed by atoms with Gasteiger partial charge >= 0.3 is 0 Å². The van der Waals surface area contributed by atoms with Gasteiger partial charge in [0.1, 0.15) is 5.75 Å². The third-order valence-corrected chi connectivity index (χ3v) is 3.25. The lowest BCUT2D eigenvalue weighted by Gasteiger charge is -2.16. The Hall–Kier alpha value is -0.980. The molecular formula is C13H18O. The highest BCUT2D eigenvalue weighted by Crippen LogP contribution is 2.35. The molecule has 0 spiro atoms. The molecule has 2 rings (SSSR count). The molecule has 0 amide bonds. The van der Waals surface area contributed by atoms with Crippen molar-refractivity contribution in [2.24, 2.45) is 0 Å². The fourth-order valence-electron chi connectivity index (χ4n) is 2.31. The van der Waals surface area contributed by atoms with E-state index in [2.05, 4.69) is 32.9 Å². The van der Waals surface area contributed by atoms with Crippen LogP contribution in [0.15, 0.2) is 12.1 Å². The van der Waals surface area contributed by atoms with Gasteiger partial charge in [0.25, 0.3) is 0 Å². The number of hydrogen-bond acceptors (Lipinski definition) is 1. The Morgan fingerprint density at radius 2 is 2.21 bits per heavy atom. The molecule has 14 heavy (non-hydrogen) atoms. The molecule has 0 N–H and O–H groups in total. The Morgan fingerprint density at radius 3 is 2.93 bits per heavy atom. The summed E-state index contributed by atoms with van der Waals surface area (Å²) in [5.74, 6) is 1.78. The minimum atomic E-state index is 0.659. The molecule has 76 valence electrons. The van der Waals surface area contributed by atoms with E-state index in [0.29, 0.717) is 5.92 Å². The number of rotatable bonds is 2. The van der Waals surface area contributed by atoms with Crippen LogP contribution in [0, 0.1) is 6.92 Å². The monoisotopic (exact) mass is 190 g/mol. The van der Waals surface area contributed by atoms with Crippen molar-refractivity contribution in [3.63, 3.8) is 0 Å². The molecule has 1 aromatic carbocycles. The maximum absolute atomic E-state index is 5.59. The van der Waals surface area contributed by atoms with Crippen LogP contribution in [0.1, 0.15) is 42.9 Å². The molecule has 1 heteroatoms. The quantitative estimate of drug-likeness (QED) is 0.694. The molecule has 1 aliphatic rings. The average molecular weight is 190 g/mol. The van der Waals surface area contributed by atoms with Crippen molar-refractivity contribution < 1.29 is 4.74 Å². The number of benzene rings is 1. The second-order valence-corrected chi connectivity index (χ2v) is 4.18. The first-order chi connectivity index (χ1) is 6.74. The summed E-state index contributed by atoms with van der Waals surface area (Å²) in [6, 6.07) is 4.30. The summed E-state index contributed by atoms with van der Waals surface area (Å²) in [5.41, 5.74) is 4.41. The molecule has 1 aliphatic heterocycles. The lowest BCUT2D eigenvalue weighted by atomic mass is 9.89. The van der Waals surface area contributed by atoms with Gasteiger partial charge in [-0.1, -0.05) is 19.9 Å². The summed E-state index contributed by atoms with van der Waals surface area (Å²) in [5, 5.41) is 0. The summed E-state index contributed by atoms with van der Waals surface area (Å²) < 4.78 is 5.59. The minimum absolute atomic E-state index is 0.659. The lowest BCUT2D eigenvalue weighted by molar-refractivity contribution is 0.357. The second kappa shape index (κ2) is 3.64. The first-order valence-electron chi connectivity index (χ1n) is 5.49. The molecule has 1 aromatic rings. The predicted octanol–water partition coefficient (Wildman–Crippen LogP) is 3.44. The van der Waals surface area contributed by atoms with Crippen LogP contribution in [0.3, 0.4) is 0 Å². The zero-order chi connectivity index (χ0) is 10.1. The van der Waals surface area contributed by atoms with Crippen molar-refractivity contribution in [3.05, 3.63) is 28.8 Å². The first-order valence-corrected chi connectivity index (χ1v) is 5.49. The Kier molecular flexibility index (Phi) is 2.49. The van der Waals surface area contributed by atoms with Crippen LogP contribution in [0.2, 0.25) is 0 Å². The van der Waals surface area contributed by atoms with Gasteiger partial charge in [-0.2, -0.15) is 0 Å². The standard InChI is InChI=1S/C13H18O/c1-4-9(2)13-10(3)5-6-12-11(13)7-8-14-12/h5-6,9H,4,7-8H2,1-3H3. The SMILES string of the molecule is CCC(C)c1c(C)ccc2c1CCO2. The summed E-state index contributed by atoms with van der Waals surface area (Å²) in [6.07, 6.45) is 2.30. The molecule has 0 saturated heterocycles. The van der Waals surface area contributed by atoms with Crippen LogP contribution < -0.4 is 4.74 Å². The van der Waals surface area contributed by atoms with E-state index in [9.17, 15) is 0 Å². The lowest BCUT2D eigenvalue weighted by Crippen LogP contribution is -1.99. The third kappa shape index (κ3) is 1.41. The maximum Gasteiger partial charge on any atom is 0.122 e. The van der Waals surface area contributed by atoms with Gasteiger partial charge in [0.15, 0.2) is 0 Å². The molecule has 1 atom stereocenters. The molecule has 0 saturated carbocycles. The first kappa shape index (κ1) is 9.57. The van der Waals surface area contributed by atoms with Crippen LogP contribution in [0.4, 0.5) is 0 Å². The van der Waals surface area contributed by atoms with E-state index in [1.54, 1.807) is 0 Å². The van der Waals surface area contributed by atoms with Crippen LogP contribution in [-0.2, 0) is 6.42 Å². The second-order valence-electron chi connectivity index (χ2n) is 4.18. The predicted molar refractivity (Wildman–Crippen MR) is 59.1 cm³/mol. The van der Waals surface area contributed by atoms with Crippen LogP contribution in [-0.4, -0.2) is 6.61 Å². The molecule has 0 fully saturated rings. The van der Waals surface area contributed by atoms with Gasteiger partial charge in [-0.25, -0.2) is 0 Å². The van der Waals surface area contributed by atoms with E-state index in [0.717, 1.165) is 18.8 Å². The zero-order valence-electron chi connectivity index (χ0n) is 9.26. The van der Waals surface area contributed by atoms with Gasteiger partial charge in [-0.15, -0.1) is 0 Å². The topological polar surface area (TPSA) is 9.23 Å². The average Bonchev–Trinajstić information content (AvgIpc) is 2.64. The number of hydrogen-bond donors (Lipinski definition) is 0. The highest BCUT2D eigenvalue weighted by molar-refractivity contribution is 5.48. The molecule has 0 bridgehead atoms. The summed E-state index contributed by atoms with van der Waals surface area (Å²) in [6.45, 7) is 7.63. The van der Waals surface area contributed by atoms with E-state index in [-0.39, 0.29) is 0 Å². The van der Waals surface area contributed by atoms with Gasteiger partial charge in [0, 0.05) is 12.0 Å². The van der Waals surface area contributed by atoms with Gasteiger partial charge in [-0.05, 0) is 36.5 Å². The molecule has 0 radical (unpaired) electrons. The van der Waals surface area contributed by atoms with Gasteiger partial charge < -0.3 is 4.74 Å². The summed E-state index contributed by atoms with van der Waals surface area (Å²) in [4.78, 5) is 0. The Bertz CT molecular complexity index is 341. The van der Waals surface area contributed by atoms with Crippen molar-refractivity contribution in [1.82, 2.24) is 0 Å². The summed E-state index contributed by atoms with van der Waals surface area (Å²) in [7, 11) is 0. The maximum atomic E-state index is 5.59. The Morgan fingerprint density at radius 1 is 1.43 bits per heavy atom. The Balaban J connectivity index is 2.51. The largest absolute Gasteiger partial charge is 0.493 e. The van der Waals surface area contributed by atoms with Crippen LogP contribution in [0.5, 0.6) is 5.75 Å². The van der Waals surface area contributed by atoms with Crippen molar-refractivity contribution in [3.8, 4) is 5.75 Å². The van der Waals surface area contributed by atoms with Crippen molar-refractivity contribution in [1.29, 1.82) is 0 Å². The van der Waals surface area contributed by atoms with E-state index in [1.807, 2.05) is 0 Å². The Labute approximate surface area is 86.1 Å². The molecule has 1 unspecified atom stereocenters. The van der Waals surface area contributed by atoms with Crippen molar-refractivity contribution in [2.75, 3.05) is 6.61 Å². The third-order valence-electron chi connectivity index (χ3n) is 3.25. The highest BCUT2D eigenvalue weighted by atomic mass is 16.5. The number of fused-ring (bicyclic) bond motifs is 1. The zero-order valence-corrected chi connectivity index (χ0v) is 9.26. The van der Waals surface area contributed by atoms with E-state index in [4.69, 9.17) is 4.74 Å². The highest BCUT2D eigenvalue weighted by Gasteiger charge is 2.20. The van der Waals surface area contributed by atoms with Gasteiger partial charge in [-0.3, -0.25) is 0 Å². The van der Waals surface area contributed by atoms with E-state index >= 15 is 0 Å². The number of ether oxygens (including phenoxy) is 1. The fraction of sp³-hybridized carbons (Fsp3) is 0.538. The molecule has 0 aliphatic carbocycles. The molecular weight excluding hydrogens is 172 g/mol. The normalized spacial score (nSPS) is 16.2. The van der Waals surface area contributed by atoms with E-state index < -0.39 is 0 Å². The molecule has 0 aromatic heterocycles. The smallest absolute Gasteiger partial charge is 0.122 e. The van der Waals surface area contributed by atoms with Crippen molar-refractivity contribution in [2.45, 2.75) is 39.5 Å². The fourth-order valence-corrected chi connectivity index (χ4v) is 2.31. The van der Waals surface area contributed by atoms with Crippen LogP contribution in [0.25, 0.3) is 0 Å². The molecule has 1 heterocycles.